The summed E-state index contributed by atoms with van der Waals surface area (Å²) in [4.78, 5) is 11.6. The van der Waals surface area contributed by atoms with Gasteiger partial charge in [-0.05, 0) is 42.9 Å². The molecule has 0 aromatic heterocycles. The Morgan fingerprint density at radius 1 is 1.41 bits per heavy atom. The van der Waals surface area contributed by atoms with Gasteiger partial charge in [-0.2, -0.15) is 5.26 Å². The van der Waals surface area contributed by atoms with E-state index in [0.717, 1.165) is 24.5 Å². The van der Waals surface area contributed by atoms with Crippen LogP contribution in [0.5, 0.6) is 0 Å². The molecule has 1 aromatic carbocycles. The number of methoxy groups -OCH3 is 1. The number of halogens is 1. The van der Waals surface area contributed by atoms with Gasteiger partial charge in [0.2, 0.25) is 0 Å². The lowest BCUT2D eigenvalue weighted by Crippen LogP contribution is -2.15. The van der Waals surface area contributed by atoms with Crippen LogP contribution in [0, 0.1) is 17.1 Å². The number of nitriles is 1. The second-order valence-electron chi connectivity index (χ2n) is 4.05. The third-order valence-electron chi connectivity index (χ3n) is 3.12. The molecule has 0 fully saturated rings. The fraction of sp³-hybridized carbons (Fsp3) is 0.385. The van der Waals surface area contributed by atoms with Crippen LogP contribution in [0.2, 0.25) is 0 Å². The summed E-state index contributed by atoms with van der Waals surface area (Å²) in [7, 11) is 1.27. The lowest BCUT2D eigenvalue weighted by atomic mass is 9.85. The minimum absolute atomic E-state index is 0.0763. The Balaban J connectivity index is 2.67. The molecule has 0 radical (unpaired) electrons. The van der Waals surface area contributed by atoms with Crippen LogP contribution in [0.1, 0.15) is 39.9 Å². The van der Waals surface area contributed by atoms with E-state index in [2.05, 4.69) is 4.74 Å². The van der Waals surface area contributed by atoms with Gasteiger partial charge in [0.25, 0.3) is 0 Å². The summed E-state index contributed by atoms with van der Waals surface area (Å²) >= 11 is 0. The number of rotatable bonds is 1. The zero-order valence-electron chi connectivity index (χ0n) is 9.55. The molecular weight excluding hydrogens is 221 g/mol. The third kappa shape index (κ3) is 1.89. The molecule has 88 valence electrons. The molecule has 2 rings (SSSR count). The number of benzene rings is 1. The summed E-state index contributed by atoms with van der Waals surface area (Å²) in [6.07, 6.45) is 3.23. The summed E-state index contributed by atoms with van der Waals surface area (Å²) in [6, 6.07) is 3.00. The Labute approximate surface area is 98.8 Å². The number of carbonyl (C=O) groups excluding carboxylic acids is 1. The smallest absolute Gasteiger partial charge is 0.338 e. The lowest BCUT2D eigenvalue weighted by Gasteiger charge is -2.20. The largest absolute Gasteiger partial charge is 0.465 e. The second-order valence-corrected chi connectivity index (χ2v) is 4.05. The molecule has 3 nitrogen and oxygen atoms in total. The van der Waals surface area contributed by atoms with E-state index in [9.17, 15) is 9.18 Å². The van der Waals surface area contributed by atoms with Crippen molar-refractivity contribution in [3.8, 4) is 6.07 Å². The van der Waals surface area contributed by atoms with Crippen molar-refractivity contribution in [2.24, 2.45) is 0 Å². The van der Waals surface area contributed by atoms with E-state index in [1.807, 2.05) is 6.07 Å². The van der Waals surface area contributed by atoms with Gasteiger partial charge in [0, 0.05) is 0 Å². The van der Waals surface area contributed by atoms with Crippen molar-refractivity contribution < 1.29 is 13.9 Å². The number of nitrogens with zero attached hydrogens (tertiary/aromatic N) is 1. The second kappa shape index (κ2) is 4.54. The van der Waals surface area contributed by atoms with E-state index < -0.39 is 11.8 Å². The first-order chi connectivity index (χ1) is 8.19. The molecule has 0 aliphatic heterocycles. The molecule has 1 aliphatic rings. The standard InChI is InChI=1S/C13H12FNO2/c1-17-13(16)10-6-12(14)11(7-15)9-5-3-2-4-8(9)10/h6H,2-5H2,1H3. The Morgan fingerprint density at radius 2 is 2.06 bits per heavy atom. The highest BCUT2D eigenvalue weighted by molar-refractivity contribution is 5.92. The van der Waals surface area contributed by atoms with E-state index in [-0.39, 0.29) is 11.1 Å². The molecular formula is C13H12FNO2. The van der Waals surface area contributed by atoms with Gasteiger partial charge in [0.15, 0.2) is 0 Å². The van der Waals surface area contributed by atoms with Crippen molar-refractivity contribution >= 4 is 5.97 Å². The summed E-state index contributed by atoms with van der Waals surface area (Å²) in [6.45, 7) is 0. The number of fused-ring (bicyclic) bond motifs is 1. The quantitative estimate of drug-likeness (QED) is 0.699. The van der Waals surface area contributed by atoms with E-state index in [1.54, 1.807) is 0 Å². The van der Waals surface area contributed by atoms with Crippen LogP contribution in [0.3, 0.4) is 0 Å². The molecule has 0 saturated heterocycles. The van der Waals surface area contributed by atoms with Gasteiger partial charge in [-0.1, -0.05) is 0 Å². The predicted molar refractivity (Wildman–Crippen MR) is 59.1 cm³/mol. The van der Waals surface area contributed by atoms with E-state index >= 15 is 0 Å². The fourth-order valence-corrected chi connectivity index (χ4v) is 2.32. The van der Waals surface area contributed by atoms with Gasteiger partial charge in [-0.3, -0.25) is 0 Å². The Hall–Kier alpha value is -1.89. The topological polar surface area (TPSA) is 50.1 Å². The van der Waals surface area contributed by atoms with Gasteiger partial charge in [0.1, 0.15) is 11.9 Å². The maximum atomic E-state index is 13.7. The predicted octanol–water partition coefficient (Wildman–Crippen LogP) is 2.36. The number of hydrogen-bond acceptors (Lipinski definition) is 3. The van der Waals surface area contributed by atoms with Crippen LogP contribution in [0.4, 0.5) is 4.39 Å². The molecule has 4 heteroatoms. The SMILES string of the molecule is COC(=O)c1cc(F)c(C#N)c2c1CCCC2. The molecule has 0 amide bonds. The van der Waals surface area contributed by atoms with Crippen molar-refractivity contribution in [1.82, 2.24) is 0 Å². The molecule has 0 unspecified atom stereocenters. The van der Waals surface area contributed by atoms with Gasteiger partial charge >= 0.3 is 5.97 Å². The number of esters is 1. The zero-order valence-corrected chi connectivity index (χ0v) is 9.55. The van der Waals surface area contributed by atoms with Crippen LogP contribution < -0.4 is 0 Å². The number of hydrogen-bond donors (Lipinski definition) is 0. The third-order valence-corrected chi connectivity index (χ3v) is 3.12. The molecule has 0 atom stereocenters. The van der Waals surface area contributed by atoms with Crippen LogP contribution in [0.25, 0.3) is 0 Å². The van der Waals surface area contributed by atoms with Crippen LogP contribution in [-0.4, -0.2) is 13.1 Å². The monoisotopic (exact) mass is 233 g/mol. The first-order valence-electron chi connectivity index (χ1n) is 5.51. The molecule has 1 aromatic rings. The van der Waals surface area contributed by atoms with Crippen LogP contribution >= 0.6 is 0 Å². The average Bonchev–Trinajstić information content (AvgIpc) is 2.37. The maximum Gasteiger partial charge on any atom is 0.338 e. The molecule has 0 N–H and O–H groups in total. The van der Waals surface area contributed by atoms with Crippen molar-refractivity contribution in [2.75, 3.05) is 7.11 Å². The summed E-state index contributed by atoms with van der Waals surface area (Å²) in [5.74, 6) is -1.17. The van der Waals surface area contributed by atoms with E-state index in [1.165, 1.54) is 7.11 Å². The van der Waals surface area contributed by atoms with Gasteiger partial charge in [-0.25, -0.2) is 9.18 Å². The van der Waals surface area contributed by atoms with E-state index in [4.69, 9.17) is 5.26 Å². The highest BCUT2D eigenvalue weighted by Crippen LogP contribution is 2.29. The van der Waals surface area contributed by atoms with Crippen LogP contribution in [-0.2, 0) is 17.6 Å². The van der Waals surface area contributed by atoms with Crippen molar-refractivity contribution in [3.63, 3.8) is 0 Å². The minimum atomic E-state index is -0.631. The van der Waals surface area contributed by atoms with Crippen LogP contribution in [0.15, 0.2) is 6.07 Å². The molecule has 0 bridgehead atoms. The lowest BCUT2D eigenvalue weighted by molar-refractivity contribution is 0.0598. The van der Waals surface area contributed by atoms with Crippen molar-refractivity contribution in [3.05, 3.63) is 34.1 Å². The summed E-state index contributed by atoms with van der Waals surface area (Å²) < 4.78 is 18.3. The zero-order chi connectivity index (χ0) is 12.4. The summed E-state index contributed by atoms with van der Waals surface area (Å²) in [5.41, 5.74) is 1.80. The normalized spacial score (nSPS) is 13.7. The van der Waals surface area contributed by atoms with Gasteiger partial charge in [0.05, 0.1) is 18.2 Å². The number of carbonyl (C=O) groups is 1. The highest BCUT2D eigenvalue weighted by Gasteiger charge is 2.24. The van der Waals surface area contributed by atoms with Gasteiger partial charge < -0.3 is 4.74 Å². The van der Waals surface area contributed by atoms with Gasteiger partial charge in [-0.15, -0.1) is 0 Å². The first-order valence-corrected chi connectivity index (χ1v) is 5.51. The minimum Gasteiger partial charge on any atom is -0.465 e. The molecule has 0 heterocycles. The first kappa shape index (κ1) is 11.6. The van der Waals surface area contributed by atoms with E-state index in [0.29, 0.717) is 18.4 Å². The fourth-order valence-electron chi connectivity index (χ4n) is 2.32. The Morgan fingerprint density at radius 3 is 2.65 bits per heavy atom. The Kier molecular flexibility index (Phi) is 3.10. The van der Waals surface area contributed by atoms with Crippen molar-refractivity contribution in [2.45, 2.75) is 25.7 Å². The highest BCUT2D eigenvalue weighted by atomic mass is 19.1. The average molecular weight is 233 g/mol. The Bertz CT molecular complexity index is 517. The van der Waals surface area contributed by atoms with Crippen molar-refractivity contribution in [1.29, 1.82) is 5.26 Å². The number of ether oxygens (including phenoxy) is 1. The molecule has 0 saturated carbocycles. The molecule has 0 spiro atoms. The summed E-state index contributed by atoms with van der Waals surface area (Å²) in [5, 5.41) is 8.95. The molecule has 1 aliphatic carbocycles. The maximum absolute atomic E-state index is 13.7. The molecule has 17 heavy (non-hydrogen) atoms.